The normalized spacial score (nSPS) is 18.6. The predicted octanol–water partition coefficient (Wildman–Crippen LogP) is 8.74. The van der Waals surface area contributed by atoms with E-state index in [4.69, 9.17) is 0 Å². The van der Waals surface area contributed by atoms with Crippen molar-refractivity contribution in [3.8, 4) is 0 Å². The van der Waals surface area contributed by atoms with E-state index >= 15 is 0 Å². The van der Waals surface area contributed by atoms with Crippen LogP contribution in [0.2, 0.25) is 9.36 Å². The summed E-state index contributed by atoms with van der Waals surface area (Å²) < 4.78 is 9.24. The largest absolute Gasteiger partial charge is 0.147 e. The molecule has 0 amide bonds. The van der Waals surface area contributed by atoms with Crippen LogP contribution in [0.15, 0.2) is 41.1 Å². The number of rotatable bonds is 4. The number of hydrogen-bond donors (Lipinski definition) is 0. The third kappa shape index (κ3) is 5.94. The molecule has 0 aromatic heterocycles. The average Bonchev–Trinajstić information content (AvgIpc) is 3.12. The van der Waals surface area contributed by atoms with Crippen LogP contribution in [-0.4, -0.2) is 6.94 Å². The second-order valence-corrected chi connectivity index (χ2v) is 54.1. The van der Waals surface area contributed by atoms with Gasteiger partial charge in [-0.05, 0) is 0 Å². The summed E-state index contributed by atoms with van der Waals surface area (Å²) in [5.41, 5.74) is 7.20. The molecule has 0 fully saturated rings. The van der Waals surface area contributed by atoms with Gasteiger partial charge < -0.3 is 0 Å². The molecule has 174 valence electrons. The van der Waals surface area contributed by atoms with E-state index in [-0.39, 0.29) is 35.6 Å². The van der Waals surface area contributed by atoms with Crippen LogP contribution in [0, 0.1) is 22.7 Å². The number of halogens is 2. The molecule has 0 radical (unpaired) electrons. The van der Waals surface area contributed by atoms with Crippen molar-refractivity contribution in [1.82, 2.24) is 0 Å². The molecule has 0 saturated heterocycles. The first-order valence-corrected chi connectivity index (χ1v) is 30.4. The van der Waals surface area contributed by atoms with Crippen LogP contribution in [-0.2, 0) is 17.1 Å². The minimum atomic E-state index is -3.38. The summed E-state index contributed by atoms with van der Waals surface area (Å²) in [7, 11) is 0. The van der Waals surface area contributed by atoms with Crippen LogP contribution < -0.4 is 0 Å². The van der Waals surface area contributed by atoms with Crippen molar-refractivity contribution in [3.63, 3.8) is 0 Å². The minimum Gasteiger partial charge on any atom is -0.147 e. The van der Waals surface area contributed by atoms with E-state index in [1.54, 1.807) is 22.3 Å². The predicted molar refractivity (Wildman–Crippen MR) is 143 cm³/mol. The van der Waals surface area contributed by atoms with E-state index in [0.717, 1.165) is 0 Å². The molecular formula is C26H48Cl2HfSi. The standard InChI is InChI=1S/2C12H19.2CH3.2ClH.Hf.H2Si/c2*1-9(2)10-6-7-11(8-10)12(3,4)5;;;;;;/h2*8-9H,7H2,1-5H3;2*1H3;2*1H;;1H2. The Bertz CT molecular complexity index is 794. The zero-order valence-electron chi connectivity index (χ0n) is 21.7. The Morgan fingerprint density at radius 2 is 0.967 bits per heavy atom. The van der Waals surface area contributed by atoms with Gasteiger partial charge in [0.2, 0.25) is 0 Å². The first kappa shape index (κ1) is 30.6. The third-order valence-corrected chi connectivity index (χ3v) is 31.4. The Labute approximate surface area is 202 Å². The summed E-state index contributed by atoms with van der Waals surface area (Å²) >= 11 is -3.38. The molecule has 2 rings (SSSR count). The van der Waals surface area contributed by atoms with Crippen molar-refractivity contribution in [2.75, 3.05) is 0 Å². The van der Waals surface area contributed by atoms with Crippen molar-refractivity contribution in [2.45, 2.75) is 91.4 Å². The van der Waals surface area contributed by atoms with Gasteiger partial charge in [-0.1, -0.05) is 0 Å². The first-order chi connectivity index (χ1) is 12.3. The second kappa shape index (κ2) is 9.47. The monoisotopic (exact) mass is 638 g/mol. The summed E-state index contributed by atoms with van der Waals surface area (Å²) in [5.74, 6) is 1.24. The second-order valence-electron chi connectivity index (χ2n) is 13.1. The van der Waals surface area contributed by atoms with Crippen molar-refractivity contribution < 1.29 is 17.1 Å². The molecule has 0 spiro atoms. The van der Waals surface area contributed by atoms with Crippen molar-refractivity contribution >= 4 is 31.8 Å². The molecule has 0 N–H and O–H groups in total. The Morgan fingerprint density at radius 3 is 1.17 bits per heavy atom. The summed E-state index contributed by atoms with van der Waals surface area (Å²) in [5, 5.41) is 0. The zero-order valence-corrected chi connectivity index (χ0v) is 28.4. The molecule has 2 aliphatic carbocycles. The van der Waals surface area contributed by atoms with E-state index < -0.39 is 17.1 Å². The molecule has 0 bridgehead atoms. The van der Waals surface area contributed by atoms with E-state index in [2.05, 4.69) is 97.7 Å². The Morgan fingerprint density at radius 1 is 0.700 bits per heavy atom. The fourth-order valence-electron chi connectivity index (χ4n) is 4.91. The Hall–Kier alpha value is 0.627. The van der Waals surface area contributed by atoms with Crippen molar-refractivity contribution in [3.05, 3.63) is 41.1 Å². The molecule has 0 heterocycles. The first-order valence-electron chi connectivity index (χ1n) is 11.3. The molecule has 0 aliphatic heterocycles. The van der Waals surface area contributed by atoms with Gasteiger partial charge in [-0.25, -0.2) is 0 Å². The summed E-state index contributed by atoms with van der Waals surface area (Å²) in [4.78, 5) is 0. The topological polar surface area (TPSA) is 0 Å². The Balaban J connectivity index is 0.00000420. The molecule has 2 aliphatic rings. The van der Waals surface area contributed by atoms with Crippen LogP contribution in [0.3, 0.4) is 0 Å². The molecular weight excluding hydrogens is 590 g/mol. The van der Waals surface area contributed by atoms with Gasteiger partial charge in [-0.3, -0.25) is 0 Å². The van der Waals surface area contributed by atoms with Gasteiger partial charge in [0.25, 0.3) is 0 Å². The maximum atomic E-state index is 2.74. The molecule has 4 heteroatoms. The number of allylic oxidation sites excluding steroid dienone is 8. The molecule has 0 saturated carbocycles. The summed E-state index contributed by atoms with van der Waals surface area (Å²) in [6.07, 6.45) is 7.64. The van der Waals surface area contributed by atoms with Crippen LogP contribution in [0.25, 0.3) is 0 Å². The average molecular weight is 638 g/mol. The maximum Gasteiger partial charge on any atom is -0.147 e. The fourth-order valence-corrected chi connectivity index (χ4v) is 26.3. The van der Waals surface area contributed by atoms with Crippen LogP contribution >= 0.6 is 24.8 Å². The van der Waals surface area contributed by atoms with Crippen LogP contribution in [0.5, 0.6) is 0 Å². The molecule has 0 atom stereocenters. The van der Waals surface area contributed by atoms with Gasteiger partial charge in [-0.15, -0.1) is 24.8 Å². The van der Waals surface area contributed by atoms with Gasteiger partial charge in [0, 0.05) is 0 Å². The maximum absolute atomic E-state index is 3.38. The molecule has 0 unspecified atom stereocenters. The number of hydrogen-bond acceptors (Lipinski definition) is 0. The van der Waals surface area contributed by atoms with E-state index in [1.807, 2.05) is 6.66 Å². The molecule has 0 aromatic carbocycles. The quantitative estimate of drug-likeness (QED) is 0.271. The van der Waals surface area contributed by atoms with Gasteiger partial charge in [-0.2, -0.15) is 0 Å². The summed E-state index contributed by atoms with van der Waals surface area (Å²) in [6.45, 7) is 26.4. The van der Waals surface area contributed by atoms with Crippen molar-refractivity contribution in [1.29, 1.82) is 0 Å². The smallest absolute Gasteiger partial charge is 0.147 e. The molecule has 0 aromatic rings. The van der Waals surface area contributed by atoms with E-state index in [1.165, 1.54) is 12.8 Å². The molecule has 30 heavy (non-hydrogen) atoms. The molecule has 0 nitrogen and oxygen atoms in total. The summed E-state index contributed by atoms with van der Waals surface area (Å²) in [6, 6.07) is 0. The zero-order chi connectivity index (χ0) is 21.9. The van der Waals surface area contributed by atoms with Gasteiger partial charge in [0.05, 0.1) is 0 Å². The van der Waals surface area contributed by atoms with Gasteiger partial charge in [0.1, 0.15) is 0 Å². The van der Waals surface area contributed by atoms with Crippen molar-refractivity contribution in [2.24, 2.45) is 22.7 Å². The van der Waals surface area contributed by atoms with Gasteiger partial charge in [0.15, 0.2) is 0 Å². The van der Waals surface area contributed by atoms with Crippen LogP contribution in [0.4, 0.5) is 0 Å². The fraction of sp³-hybridized carbons (Fsp3) is 0.692. The SMILES string of the molecule is CC(C)C1=[C]([Hf]([CH3])([CH3])(=[SiH2])[C]2=C(C(C)C)C=C(C(C)(C)C)C2)CC(C(C)(C)C)=C1.Cl.Cl. The van der Waals surface area contributed by atoms with E-state index in [0.29, 0.717) is 11.8 Å². The minimum absolute atomic E-state index is 0. The Kier molecular flexibility index (Phi) is 9.67. The van der Waals surface area contributed by atoms with Crippen LogP contribution in [0.1, 0.15) is 82.1 Å². The van der Waals surface area contributed by atoms with Gasteiger partial charge >= 0.3 is 179 Å². The van der Waals surface area contributed by atoms with E-state index in [9.17, 15) is 0 Å². The third-order valence-electron chi connectivity index (χ3n) is 7.20.